The first-order chi connectivity index (χ1) is 14.5. The van der Waals surface area contributed by atoms with E-state index in [0.717, 1.165) is 6.26 Å². The van der Waals surface area contributed by atoms with Crippen molar-refractivity contribution in [2.45, 2.75) is 26.3 Å². The van der Waals surface area contributed by atoms with Crippen LogP contribution in [0.3, 0.4) is 0 Å². The van der Waals surface area contributed by atoms with E-state index >= 15 is 0 Å². The smallest absolute Gasteiger partial charge is 0.256 e. The lowest BCUT2D eigenvalue weighted by Crippen LogP contribution is -2.38. The fourth-order valence-corrected chi connectivity index (χ4v) is 5.00. The van der Waals surface area contributed by atoms with Crippen molar-refractivity contribution >= 4 is 39.2 Å². The van der Waals surface area contributed by atoms with Crippen LogP contribution in [0.5, 0.6) is 0 Å². The summed E-state index contributed by atoms with van der Waals surface area (Å²) in [5.41, 5.74) is 3.61. The number of amides is 2. The average molecular weight is 447 g/mol. The molecule has 2 amide bonds. The SMILES string of the molecule is Cc1[nH]c(C=C2C(=O)Nc3ccc(F)cc32)c(C)c1C(=O)N[C@H]1CCN(S(C)(=O)=O)C1. The second kappa shape index (κ2) is 7.61. The summed E-state index contributed by atoms with van der Waals surface area (Å²) in [7, 11) is -3.29. The number of rotatable bonds is 4. The molecule has 0 saturated carbocycles. The monoisotopic (exact) mass is 446 g/mol. The van der Waals surface area contributed by atoms with Crippen LogP contribution in [0.25, 0.3) is 11.6 Å². The molecule has 10 heteroatoms. The number of sulfonamides is 1. The molecular weight excluding hydrogens is 423 g/mol. The van der Waals surface area contributed by atoms with Crippen molar-refractivity contribution in [3.05, 3.63) is 52.1 Å². The summed E-state index contributed by atoms with van der Waals surface area (Å²) in [6.45, 7) is 4.13. The molecule has 4 rings (SSSR count). The van der Waals surface area contributed by atoms with Gasteiger partial charge in [0, 0.05) is 41.8 Å². The topological polar surface area (TPSA) is 111 Å². The minimum absolute atomic E-state index is 0.243. The Kier molecular flexibility index (Phi) is 5.22. The van der Waals surface area contributed by atoms with Gasteiger partial charge in [-0.15, -0.1) is 0 Å². The summed E-state index contributed by atoms with van der Waals surface area (Å²) in [6.07, 6.45) is 3.31. The van der Waals surface area contributed by atoms with Crippen molar-refractivity contribution in [3.63, 3.8) is 0 Å². The third-order valence-electron chi connectivity index (χ3n) is 5.71. The number of fused-ring (bicyclic) bond motifs is 1. The number of halogens is 1. The van der Waals surface area contributed by atoms with E-state index in [2.05, 4.69) is 15.6 Å². The molecule has 1 fully saturated rings. The van der Waals surface area contributed by atoms with Crippen molar-refractivity contribution in [3.8, 4) is 0 Å². The first-order valence-corrected chi connectivity index (χ1v) is 11.7. The van der Waals surface area contributed by atoms with Gasteiger partial charge in [-0.25, -0.2) is 17.1 Å². The summed E-state index contributed by atoms with van der Waals surface area (Å²) in [6, 6.07) is 3.82. The lowest BCUT2D eigenvalue weighted by molar-refractivity contribution is -0.110. The highest BCUT2D eigenvalue weighted by Gasteiger charge is 2.31. The molecule has 0 radical (unpaired) electrons. The van der Waals surface area contributed by atoms with Gasteiger partial charge in [-0.3, -0.25) is 9.59 Å². The average Bonchev–Trinajstić information content (AvgIpc) is 3.33. The van der Waals surface area contributed by atoms with Crippen LogP contribution in [0.4, 0.5) is 10.1 Å². The predicted octanol–water partition coefficient (Wildman–Crippen LogP) is 2.03. The number of carbonyl (C=O) groups excluding carboxylic acids is 2. The Morgan fingerprint density at radius 1 is 1.32 bits per heavy atom. The maximum atomic E-state index is 13.7. The van der Waals surface area contributed by atoms with E-state index in [1.54, 1.807) is 19.9 Å². The van der Waals surface area contributed by atoms with Gasteiger partial charge in [-0.1, -0.05) is 0 Å². The van der Waals surface area contributed by atoms with Gasteiger partial charge in [0.05, 0.1) is 17.4 Å². The molecule has 2 aromatic rings. The minimum Gasteiger partial charge on any atom is -0.358 e. The van der Waals surface area contributed by atoms with E-state index in [1.807, 2.05) is 0 Å². The van der Waals surface area contributed by atoms with Gasteiger partial charge in [0.25, 0.3) is 11.8 Å². The van der Waals surface area contributed by atoms with Crippen LogP contribution in [0.2, 0.25) is 0 Å². The number of nitrogens with one attached hydrogen (secondary N) is 3. The number of H-pyrrole nitrogens is 1. The summed E-state index contributed by atoms with van der Waals surface area (Å²) < 4.78 is 38.4. The van der Waals surface area contributed by atoms with E-state index in [1.165, 1.54) is 22.5 Å². The summed E-state index contributed by atoms with van der Waals surface area (Å²) in [5, 5.41) is 5.61. The number of aryl methyl sites for hydroxylation is 1. The van der Waals surface area contributed by atoms with E-state index in [-0.39, 0.29) is 24.4 Å². The van der Waals surface area contributed by atoms with Gasteiger partial charge in [-0.05, 0) is 50.1 Å². The Morgan fingerprint density at radius 3 is 2.74 bits per heavy atom. The van der Waals surface area contributed by atoms with Crippen LogP contribution >= 0.6 is 0 Å². The van der Waals surface area contributed by atoms with Gasteiger partial charge >= 0.3 is 0 Å². The van der Waals surface area contributed by atoms with Gasteiger partial charge in [-0.2, -0.15) is 0 Å². The van der Waals surface area contributed by atoms with Crippen LogP contribution in [-0.2, 0) is 14.8 Å². The molecule has 8 nitrogen and oxygen atoms in total. The zero-order chi connectivity index (χ0) is 22.5. The van der Waals surface area contributed by atoms with Gasteiger partial charge in [0.1, 0.15) is 5.82 Å². The standard InChI is InChI=1S/C21H23FN4O4S/c1-11-18(9-16-15-8-13(22)4-5-17(15)25-20(16)27)23-12(2)19(11)21(28)24-14-6-7-26(10-14)31(3,29)30/h4-5,8-9,14,23H,6-7,10H2,1-3H3,(H,24,28)(H,25,27)/t14-/m0/s1. The van der Waals surface area contributed by atoms with E-state index in [0.29, 0.717) is 52.3 Å². The van der Waals surface area contributed by atoms with Crippen LogP contribution in [0.15, 0.2) is 18.2 Å². The normalized spacial score (nSPS) is 20.2. The van der Waals surface area contributed by atoms with Crippen LogP contribution in [-0.4, -0.2) is 54.9 Å². The maximum Gasteiger partial charge on any atom is 0.256 e. The molecule has 3 N–H and O–H groups in total. The molecular formula is C21H23FN4O4S. The second-order valence-electron chi connectivity index (χ2n) is 7.95. The highest BCUT2D eigenvalue weighted by molar-refractivity contribution is 7.88. The molecule has 1 aromatic heterocycles. The number of benzene rings is 1. The molecule has 3 heterocycles. The van der Waals surface area contributed by atoms with Crippen LogP contribution < -0.4 is 10.6 Å². The van der Waals surface area contributed by atoms with Crippen molar-refractivity contribution in [2.75, 3.05) is 24.7 Å². The van der Waals surface area contributed by atoms with Gasteiger partial charge in [0.2, 0.25) is 10.0 Å². The number of nitrogens with zero attached hydrogens (tertiary/aromatic N) is 1. The predicted molar refractivity (Wildman–Crippen MR) is 115 cm³/mol. The molecule has 2 aliphatic rings. The lowest BCUT2D eigenvalue weighted by Gasteiger charge is -2.15. The Labute approximate surface area is 179 Å². The van der Waals surface area contributed by atoms with Crippen molar-refractivity contribution in [1.82, 2.24) is 14.6 Å². The molecule has 31 heavy (non-hydrogen) atoms. The van der Waals surface area contributed by atoms with Crippen molar-refractivity contribution < 1.29 is 22.4 Å². The highest BCUT2D eigenvalue weighted by Crippen LogP contribution is 2.34. The largest absolute Gasteiger partial charge is 0.358 e. The fourth-order valence-electron chi connectivity index (χ4n) is 4.11. The molecule has 1 atom stereocenters. The number of anilines is 1. The number of aromatic amines is 1. The molecule has 164 valence electrons. The molecule has 1 saturated heterocycles. The van der Waals surface area contributed by atoms with Gasteiger partial charge in [0.15, 0.2) is 0 Å². The molecule has 0 bridgehead atoms. The molecule has 2 aliphatic heterocycles. The maximum absolute atomic E-state index is 13.7. The molecule has 0 spiro atoms. The Bertz CT molecular complexity index is 1230. The first kappa shape index (κ1) is 21.3. The van der Waals surface area contributed by atoms with Gasteiger partial charge < -0.3 is 15.6 Å². The van der Waals surface area contributed by atoms with E-state index < -0.39 is 15.8 Å². The molecule has 0 aliphatic carbocycles. The molecule has 1 aromatic carbocycles. The van der Waals surface area contributed by atoms with Crippen LogP contribution in [0.1, 0.15) is 39.3 Å². The third-order valence-corrected chi connectivity index (χ3v) is 6.98. The molecule has 0 unspecified atom stereocenters. The quantitative estimate of drug-likeness (QED) is 0.624. The van der Waals surface area contributed by atoms with E-state index in [9.17, 15) is 22.4 Å². The first-order valence-electron chi connectivity index (χ1n) is 9.82. The number of hydrogen-bond donors (Lipinski definition) is 3. The Hall–Kier alpha value is -2.98. The van der Waals surface area contributed by atoms with Crippen LogP contribution in [0, 0.1) is 19.7 Å². The van der Waals surface area contributed by atoms with Crippen molar-refractivity contribution in [2.24, 2.45) is 0 Å². The number of hydrogen-bond acceptors (Lipinski definition) is 4. The summed E-state index contributed by atoms with van der Waals surface area (Å²) >= 11 is 0. The Balaban J connectivity index is 1.59. The van der Waals surface area contributed by atoms with Crippen molar-refractivity contribution in [1.29, 1.82) is 0 Å². The zero-order valence-electron chi connectivity index (χ0n) is 17.4. The number of carbonyl (C=O) groups is 2. The second-order valence-corrected chi connectivity index (χ2v) is 9.93. The highest BCUT2D eigenvalue weighted by atomic mass is 32.2. The fraction of sp³-hybridized carbons (Fsp3) is 0.333. The lowest BCUT2D eigenvalue weighted by atomic mass is 10.0. The third kappa shape index (κ3) is 4.00. The van der Waals surface area contributed by atoms with E-state index in [4.69, 9.17) is 0 Å². The summed E-state index contributed by atoms with van der Waals surface area (Å²) in [5.74, 6) is -1.09. The Morgan fingerprint density at radius 2 is 2.06 bits per heavy atom. The minimum atomic E-state index is -3.29. The summed E-state index contributed by atoms with van der Waals surface area (Å²) in [4.78, 5) is 28.4. The zero-order valence-corrected chi connectivity index (χ0v) is 18.2. The number of aromatic nitrogens is 1.